The van der Waals surface area contributed by atoms with Crippen molar-refractivity contribution in [3.63, 3.8) is 0 Å². The first-order valence-electron chi connectivity index (χ1n) is 13.2. The van der Waals surface area contributed by atoms with Crippen molar-refractivity contribution in [1.82, 2.24) is 20.6 Å². The summed E-state index contributed by atoms with van der Waals surface area (Å²) < 4.78 is 0. The van der Waals surface area contributed by atoms with Crippen LogP contribution in [0.25, 0.3) is 0 Å². The number of carbonyl (C=O) groups excluding carboxylic acids is 1. The number of Topliss-reactive ketones (excluding diaryl/α,β-unsaturated/α-hetero) is 1. The summed E-state index contributed by atoms with van der Waals surface area (Å²) in [6.45, 7) is 4.07. The molecule has 1 aromatic carbocycles. The molecule has 0 aliphatic rings. The number of pyridine rings is 2. The van der Waals surface area contributed by atoms with E-state index in [1.165, 1.54) is 0 Å². The number of nitrogens with zero attached hydrogens (tertiary/aromatic N) is 2. The zero-order valence-corrected chi connectivity index (χ0v) is 21.6. The quantitative estimate of drug-likeness (QED) is 0.133. The number of benzene rings is 1. The molecule has 0 spiro atoms. The average molecular weight is 503 g/mol. The maximum Gasteiger partial charge on any atom is 0.314 e. The highest BCUT2D eigenvalue weighted by Gasteiger charge is 2.28. The molecule has 0 saturated heterocycles. The normalized spacial score (nSPS) is 12.7. The van der Waals surface area contributed by atoms with Crippen LogP contribution < -0.4 is 10.6 Å². The Balaban J connectivity index is 1.54. The van der Waals surface area contributed by atoms with Crippen LogP contribution in [0.5, 0.6) is 0 Å². The number of rotatable bonds is 17. The molecular formula is C30H38N4O3. The fraction of sp³-hybridized carbons (Fsp3) is 0.400. The van der Waals surface area contributed by atoms with Gasteiger partial charge in [0.2, 0.25) is 0 Å². The van der Waals surface area contributed by atoms with Gasteiger partial charge in [0.1, 0.15) is 5.92 Å². The Morgan fingerprint density at radius 3 is 2.08 bits per heavy atom. The third-order valence-electron chi connectivity index (χ3n) is 6.47. The smallest absolute Gasteiger partial charge is 0.314 e. The van der Waals surface area contributed by atoms with Crippen molar-refractivity contribution in [2.75, 3.05) is 0 Å². The van der Waals surface area contributed by atoms with E-state index in [-0.39, 0.29) is 11.8 Å². The molecule has 3 rings (SSSR count). The first-order chi connectivity index (χ1) is 18.1. The van der Waals surface area contributed by atoms with Crippen molar-refractivity contribution in [2.45, 2.75) is 71.1 Å². The first kappa shape index (κ1) is 28.2. The molecule has 0 amide bonds. The van der Waals surface area contributed by atoms with Crippen molar-refractivity contribution >= 4 is 11.8 Å². The Bertz CT molecular complexity index is 1080. The highest BCUT2D eigenvalue weighted by Crippen LogP contribution is 2.19. The van der Waals surface area contributed by atoms with Gasteiger partial charge in [-0.1, -0.05) is 62.6 Å². The lowest BCUT2D eigenvalue weighted by Crippen LogP contribution is -2.32. The van der Waals surface area contributed by atoms with Gasteiger partial charge in [-0.25, -0.2) is 0 Å². The van der Waals surface area contributed by atoms with E-state index in [0.717, 1.165) is 42.6 Å². The molecule has 0 saturated carbocycles. The number of ketones is 1. The van der Waals surface area contributed by atoms with Gasteiger partial charge in [-0.2, -0.15) is 0 Å². The van der Waals surface area contributed by atoms with Crippen molar-refractivity contribution in [3.05, 3.63) is 95.6 Å². The molecule has 0 bridgehead atoms. The minimum atomic E-state index is -1.07. The minimum Gasteiger partial charge on any atom is -0.481 e. The standard InChI is InChI=1S/C30H38N4O3/c1-2-3-4-9-25(34-22-27-11-6-8-19-33-27)16-17-28(30(36)37)29(35)24-14-12-23(13-15-24)20-31-21-26-10-5-7-18-32-26/h5-8,10-15,18-19,25,28,31,34H,2-4,9,16-17,20-22H2,1H3,(H,36,37). The summed E-state index contributed by atoms with van der Waals surface area (Å²) in [5.41, 5.74) is 3.36. The van der Waals surface area contributed by atoms with E-state index in [0.29, 0.717) is 38.0 Å². The van der Waals surface area contributed by atoms with Crippen molar-refractivity contribution in [1.29, 1.82) is 0 Å². The predicted molar refractivity (Wildman–Crippen MR) is 145 cm³/mol. The third-order valence-corrected chi connectivity index (χ3v) is 6.47. The van der Waals surface area contributed by atoms with Gasteiger partial charge in [0.05, 0.1) is 11.4 Å². The predicted octanol–water partition coefficient (Wildman–Crippen LogP) is 5.17. The van der Waals surface area contributed by atoms with Gasteiger partial charge in [0.25, 0.3) is 0 Å². The maximum atomic E-state index is 13.1. The molecule has 2 heterocycles. The number of nitrogens with one attached hydrogen (secondary N) is 2. The van der Waals surface area contributed by atoms with Gasteiger partial charge >= 0.3 is 5.97 Å². The van der Waals surface area contributed by atoms with Gasteiger partial charge in [0.15, 0.2) is 5.78 Å². The van der Waals surface area contributed by atoms with Gasteiger partial charge in [-0.15, -0.1) is 0 Å². The van der Waals surface area contributed by atoms with Crippen LogP contribution in [0.3, 0.4) is 0 Å². The van der Waals surface area contributed by atoms with Crippen molar-refractivity contribution in [2.24, 2.45) is 5.92 Å². The summed E-state index contributed by atoms with van der Waals surface area (Å²) in [7, 11) is 0. The second-order valence-corrected chi connectivity index (χ2v) is 9.35. The van der Waals surface area contributed by atoms with Crippen LogP contribution in [0.4, 0.5) is 0 Å². The molecule has 0 radical (unpaired) electrons. The summed E-state index contributed by atoms with van der Waals surface area (Å²) in [4.78, 5) is 33.8. The highest BCUT2D eigenvalue weighted by molar-refractivity contribution is 6.08. The molecule has 7 nitrogen and oxygen atoms in total. The number of carboxylic acid groups (broad SMARTS) is 1. The molecule has 3 aromatic rings. The monoisotopic (exact) mass is 502 g/mol. The molecule has 3 N–H and O–H groups in total. The first-order valence-corrected chi connectivity index (χ1v) is 13.2. The van der Waals surface area contributed by atoms with Crippen LogP contribution in [0, 0.1) is 5.92 Å². The molecule has 2 atom stereocenters. The maximum absolute atomic E-state index is 13.1. The molecule has 0 fully saturated rings. The molecular weight excluding hydrogens is 464 g/mol. The number of aromatic nitrogens is 2. The molecule has 2 unspecified atom stereocenters. The fourth-order valence-corrected chi connectivity index (χ4v) is 4.30. The highest BCUT2D eigenvalue weighted by atomic mass is 16.4. The van der Waals surface area contributed by atoms with E-state index in [2.05, 4.69) is 27.5 Å². The van der Waals surface area contributed by atoms with Gasteiger partial charge in [0, 0.05) is 43.6 Å². The molecule has 7 heteroatoms. The Morgan fingerprint density at radius 2 is 1.49 bits per heavy atom. The minimum absolute atomic E-state index is 0.135. The second kappa shape index (κ2) is 15.6. The van der Waals surface area contributed by atoms with Gasteiger partial charge in [-0.05, 0) is 49.1 Å². The van der Waals surface area contributed by atoms with Crippen molar-refractivity contribution in [3.8, 4) is 0 Å². The average Bonchev–Trinajstić information content (AvgIpc) is 2.93. The molecule has 2 aromatic heterocycles. The Hall–Kier alpha value is -3.42. The lowest BCUT2D eigenvalue weighted by molar-refractivity contribution is -0.140. The SMILES string of the molecule is CCCCCC(CCC(C(=O)O)C(=O)c1ccc(CNCc2ccccn2)cc1)NCc1ccccn1. The number of carbonyl (C=O) groups is 2. The van der Waals surface area contributed by atoms with Crippen LogP contribution in [0.2, 0.25) is 0 Å². The lowest BCUT2D eigenvalue weighted by atomic mass is 9.90. The Morgan fingerprint density at radius 1 is 0.811 bits per heavy atom. The number of hydrogen-bond acceptors (Lipinski definition) is 6. The summed E-state index contributed by atoms with van der Waals surface area (Å²) in [5, 5.41) is 16.7. The molecule has 37 heavy (non-hydrogen) atoms. The van der Waals surface area contributed by atoms with E-state index in [9.17, 15) is 14.7 Å². The van der Waals surface area contributed by atoms with Gasteiger partial charge < -0.3 is 15.7 Å². The van der Waals surface area contributed by atoms with Gasteiger partial charge in [-0.3, -0.25) is 19.6 Å². The summed E-state index contributed by atoms with van der Waals surface area (Å²) in [6.07, 6.45) is 8.72. The van der Waals surface area contributed by atoms with Crippen LogP contribution in [0.1, 0.15) is 72.8 Å². The zero-order chi connectivity index (χ0) is 26.3. The number of hydrogen-bond donors (Lipinski definition) is 3. The van der Waals surface area contributed by atoms with Crippen molar-refractivity contribution < 1.29 is 14.7 Å². The summed E-state index contributed by atoms with van der Waals surface area (Å²) in [5.74, 6) is -2.46. The summed E-state index contributed by atoms with van der Waals surface area (Å²) in [6, 6.07) is 19.0. The number of carboxylic acids is 1. The van der Waals surface area contributed by atoms with E-state index >= 15 is 0 Å². The molecule has 0 aliphatic heterocycles. The van der Waals surface area contributed by atoms with E-state index in [4.69, 9.17) is 0 Å². The summed E-state index contributed by atoms with van der Waals surface area (Å²) >= 11 is 0. The largest absolute Gasteiger partial charge is 0.481 e. The van der Waals surface area contributed by atoms with Crippen LogP contribution >= 0.6 is 0 Å². The Kier molecular flexibility index (Phi) is 11.9. The van der Waals surface area contributed by atoms with Crippen LogP contribution in [-0.2, 0) is 24.4 Å². The third kappa shape index (κ3) is 9.86. The van der Waals surface area contributed by atoms with E-state index < -0.39 is 11.9 Å². The second-order valence-electron chi connectivity index (χ2n) is 9.35. The van der Waals surface area contributed by atoms with E-state index in [1.54, 1.807) is 24.5 Å². The zero-order valence-electron chi connectivity index (χ0n) is 21.6. The number of unbranched alkanes of at least 4 members (excludes halogenated alkanes) is 2. The fourth-order valence-electron chi connectivity index (χ4n) is 4.30. The Labute approximate surface area is 219 Å². The lowest BCUT2D eigenvalue weighted by Gasteiger charge is -2.20. The number of aliphatic carboxylic acids is 1. The van der Waals surface area contributed by atoms with Crippen LogP contribution in [-0.4, -0.2) is 32.9 Å². The molecule has 0 aliphatic carbocycles. The topological polar surface area (TPSA) is 104 Å². The molecule has 196 valence electrons. The van der Waals surface area contributed by atoms with E-state index in [1.807, 2.05) is 48.5 Å². The van der Waals surface area contributed by atoms with Crippen LogP contribution in [0.15, 0.2) is 73.1 Å².